The van der Waals surface area contributed by atoms with Crippen LogP contribution in [0.2, 0.25) is 10.2 Å². The number of anilines is 4. The summed E-state index contributed by atoms with van der Waals surface area (Å²) in [6.45, 7) is 3.70. The van der Waals surface area contributed by atoms with Crippen LogP contribution < -0.4 is 19.2 Å². The molecule has 2 N–H and O–H groups in total. The normalized spacial score (nSPS) is 15.6. The summed E-state index contributed by atoms with van der Waals surface area (Å²) in [7, 11) is -7.51. The van der Waals surface area contributed by atoms with Crippen LogP contribution in [0.25, 0.3) is 0 Å². The number of thiazole rings is 3. The molecular weight excluding hydrogens is 672 g/mol. The highest BCUT2D eigenvalue weighted by Crippen LogP contribution is 2.38. The van der Waals surface area contributed by atoms with Crippen molar-refractivity contribution in [3.63, 3.8) is 0 Å². The summed E-state index contributed by atoms with van der Waals surface area (Å²) in [5, 5.41) is 3.78. The van der Waals surface area contributed by atoms with Gasteiger partial charge in [0, 0.05) is 44.0 Å². The number of pyridine rings is 1. The van der Waals surface area contributed by atoms with Crippen LogP contribution in [0.4, 0.5) is 21.0 Å². The lowest BCUT2D eigenvalue weighted by Gasteiger charge is -2.17. The fraction of sp³-hybridized carbons (Fsp3) is 0.364. The van der Waals surface area contributed by atoms with Gasteiger partial charge in [-0.15, -0.1) is 22.7 Å². The van der Waals surface area contributed by atoms with Crippen LogP contribution >= 0.6 is 57.2 Å². The van der Waals surface area contributed by atoms with Gasteiger partial charge in [0.1, 0.15) is 10.0 Å². The van der Waals surface area contributed by atoms with Gasteiger partial charge < -0.3 is 9.80 Å². The maximum Gasteiger partial charge on any atom is 0.291 e. The lowest BCUT2D eigenvalue weighted by Crippen LogP contribution is -2.20. The Kier molecular flexibility index (Phi) is 9.52. The summed E-state index contributed by atoms with van der Waals surface area (Å²) in [6, 6.07) is 3.07. The SMILES string of the molecule is O=S(=O)(Nc1nc(Cl)c(N2CCCC2)s1)c1nccs1.O=S(=O)(Nc1ncsc1N1CCCC1)c1ncccc1Cl. The molecule has 6 rings (SSSR count). The molecule has 2 fully saturated rings. The summed E-state index contributed by atoms with van der Waals surface area (Å²) in [5.41, 5.74) is 1.63. The number of hydrogen-bond donors (Lipinski definition) is 2. The van der Waals surface area contributed by atoms with Crippen molar-refractivity contribution >= 4 is 98.2 Å². The van der Waals surface area contributed by atoms with E-state index in [0.29, 0.717) is 11.0 Å². The summed E-state index contributed by atoms with van der Waals surface area (Å²) in [6.07, 6.45) is 7.29. The summed E-state index contributed by atoms with van der Waals surface area (Å²) in [4.78, 5) is 20.1. The second-order valence-corrected chi connectivity index (χ2v) is 15.7. The zero-order valence-electron chi connectivity index (χ0n) is 21.2. The molecule has 0 radical (unpaired) electrons. The number of sulfonamides is 2. The number of aromatic nitrogens is 4. The van der Waals surface area contributed by atoms with E-state index in [0.717, 1.165) is 73.2 Å². The highest BCUT2D eigenvalue weighted by Gasteiger charge is 2.26. The molecule has 0 amide bonds. The van der Waals surface area contributed by atoms with E-state index in [9.17, 15) is 16.8 Å². The zero-order valence-corrected chi connectivity index (χ0v) is 26.8. The predicted octanol–water partition coefficient (Wildman–Crippen LogP) is 5.25. The van der Waals surface area contributed by atoms with E-state index in [2.05, 4.69) is 39.2 Å². The Hall–Kier alpha value is -2.28. The minimum absolute atomic E-state index is 0.0199. The molecule has 19 heteroatoms. The molecule has 2 aliphatic rings. The van der Waals surface area contributed by atoms with E-state index in [1.54, 1.807) is 17.0 Å². The molecule has 41 heavy (non-hydrogen) atoms. The number of hydrogen-bond acceptors (Lipinski definition) is 13. The van der Waals surface area contributed by atoms with Gasteiger partial charge in [0.25, 0.3) is 20.0 Å². The number of nitrogens with zero attached hydrogens (tertiary/aromatic N) is 6. The van der Waals surface area contributed by atoms with Crippen LogP contribution in [-0.4, -0.2) is 63.0 Å². The van der Waals surface area contributed by atoms with Crippen molar-refractivity contribution in [1.29, 1.82) is 0 Å². The van der Waals surface area contributed by atoms with Gasteiger partial charge in [0.2, 0.25) is 4.34 Å². The van der Waals surface area contributed by atoms with Crippen molar-refractivity contribution in [2.75, 3.05) is 45.4 Å². The van der Waals surface area contributed by atoms with Crippen molar-refractivity contribution in [2.45, 2.75) is 35.0 Å². The van der Waals surface area contributed by atoms with E-state index in [4.69, 9.17) is 23.2 Å². The molecule has 0 atom stereocenters. The number of halogens is 2. The minimum Gasteiger partial charge on any atom is -0.361 e. The average molecular weight is 696 g/mol. The average Bonchev–Trinajstić information content (AvgIpc) is 3.76. The van der Waals surface area contributed by atoms with E-state index in [1.165, 1.54) is 41.1 Å². The molecule has 12 nitrogen and oxygen atoms in total. The second kappa shape index (κ2) is 12.9. The van der Waals surface area contributed by atoms with E-state index < -0.39 is 20.0 Å². The van der Waals surface area contributed by atoms with Crippen LogP contribution in [0.1, 0.15) is 25.7 Å². The lowest BCUT2D eigenvalue weighted by atomic mass is 10.4. The van der Waals surface area contributed by atoms with Crippen LogP contribution in [0.3, 0.4) is 0 Å². The Labute approximate surface area is 259 Å². The topological polar surface area (TPSA) is 150 Å². The summed E-state index contributed by atoms with van der Waals surface area (Å²) >= 11 is 15.7. The fourth-order valence-electron chi connectivity index (χ4n) is 4.15. The maximum atomic E-state index is 12.4. The Morgan fingerprint density at radius 3 is 2.12 bits per heavy atom. The van der Waals surface area contributed by atoms with Crippen molar-refractivity contribution in [3.8, 4) is 0 Å². The highest BCUT2D eigenvalue weighted by atomic mass is 35.5. The van der Waals surface area contributed by atoms with Crippen LogP contribution in [0.5, 0.6) is 0 Å². The van der Waals surface area contributed by atoms with Gasteiger partial charge in [-0.1, -0.05) is 34.5 Å². The molecule has 2 aliphatic heterocycles. The van der Waals surface area contributed by atoms with Crippen molar-refractivity contribution in [3.05, 3.63) is 45.6 Å². The largest absolute Gasteiger partial charge is 0.361 e. The molecule has 4 aromatic heterocycles. The molecule has 0 aromatic carbocycles. The summed E-state index contributed by atoms with van der Waals surface area (Å²) in [5.74, 6) is 0.337. The lowest BCUT2D eigenvalue weighted by molar-refractivity contribution is 0.596. The zero-order chi connectivity index (χ0) is 29.0. The van der Waals surface area contributed by atoms with Crippen LogP contribution in [0.15, 0.2) is 44.8 Å². The smallest absolute Gasteiger partial charge is 0.291 e. The molecule has 220 valence electrons. The molecule has 0 aliphatic carbocycles. The van der Waals surface area contributed by atoms with Gasteiger partial charge in [0.05, 0.1) is 10.5 Å². The van der Waals surface area contributed by atoms with E-state index in [-0.39, 0.29) is 19.5 Å². The van der Waals surface area contributed by atoms with Crippen LogP contribution in [-0.2, 0) is 20.0 Å². The number of rotatable bonds is 8. The highest BCUT2D eigenvalue weighted by molar-refractivity contribution is 7.94. The van der Waals surface area contributed by atoms with Crippen molar-refractivity contribution in [2.24, 2.45) is 0 Å². The molecule has 2 saturated heterocycles. The maximum absolute atomic E-state index is 12.4. The second-order valence-electron chi connectivity index (χ2n) is 8.81. The monoisotopic (exact) mass is 694 g/mol. The Morgan fingerprint density at radius 1 is 0.805 bits per heavy atom. The van der Waals surface area contributed by atoms with Gasteiger partial charge in [-0.05, 0) is 37.8 Å². The minimum atomic E-state index is -3.84. The predicted molar refractivity (Wildman–Crippen MR) is 165 cm³/mol. The molecule has 6 heterocycles. The van der Waals surface area contributed by atoms with Crippen LogP contribution in [0, 0.1) is 0 Å². The Bertz CT molecular complexity index is 1680. The fourth-order valence-corrected chi connectivity index (χ4v) is 9.82. The molecule has 0 spiro atoms. The first kappa shape index (κ1) is 30.2. The molecule has 4 aromatic rings. The van der Waals surface area contributed by atoms with Gasteiger partial charge in [-0.2, -0.15) is 16.8 Å². The quantitative estimate of drug-likeness (QED) is 0.250. The van der Waals surface area contributed by atoms with Crippen molar-refractivity contribution in [1.82, 2.24) is 19.9 Å². The summed E-state index contributed by atoms with van der Waals surface area (Å²) < 4.78 is 53.8. The third kappa shape index (κ3) is 7.21. The van der Waals surface area contributed by atoms with Crippen molar-refractivity contribution < 1.29 is 16.8 Å². The third-order valence-electron chi connectivity index (χ3n) is 5.98. The first-order chi connectivity index (χ1) is 19.6. The van der Waals surface area contributed by atoms with Gasteiger partial charge in [0.15, 0.2) is 21.1 Å². The standard InChI is InChI=1S/C12H13ClN4O2S2.C10H11ClN4O2S3/c13-9-4-3-5-14-11(9)21(18,19)16-10-12(20-8-15-10)17-6-1-2-7-17;11-7-8(15-4-1-2-5-15)19-9(13-7)14-20(16,17)10-12-3-6-18-10/h3-5,8,16H,1-2,6-7H2;3,6H,1-2,4-5H2,(H,13,14). The van der Waals surface area contributed by atoms with E-state index >= 15 is 0 Å². The van der Waals surface area contributed by atoms with Gasteiger partial charge in [-0.3, -0.25) is 9.44 Å². The Balaban J connectivity index is 0.000000165. The first-order valence-electron chi connectivity index (χ1n) is 12.3. The van der Waals surface area contributed by atoms with Gasteiger partial charge in [-0.25, -0.2) is 19.9 Å². The molecular formula is C22H24Cl2N8O4S5. The Morgan fingerprint density at radius 2 is 1.49 bits per heavy atom. The molecule has 0 bridgehead atoms. The molecule has 0 unspecified atom stereocenters. The molecule has 0 saturated carbocycles. The van der Waals surface area contributed by atoms with Gasteiger partial charge >= 0.3 is 0 Å². The number of nitrogens with one attached hydrogen (secondary N) is 2. The first-order valence-corrected chi connectivity index (χ1v) is 18.6. The third-order valence-corrected chi connectivity index (χ3v) is 12.7. The van der Waals surface area contributed by atoms with E-state index in [1.807, 2.05) is 0 Å².